The van der Waals surface area contributed by atoms with Crippen LogP contribution >= 0.6 is 0 Å². The minimum Gasteiger partial charge on any atom is -0.379 e. The minimum absolute atomic E-state index is 0.0469. The number of carbonyl (C=O) groups excluding carboxylic acids is 4. The van der Waals surface area contributed by atoms with Gasteiger partial charge in [-0.1, -0.05) is 24.3 Å². The lowest BCUT2D eigenvalue weighted by molar-refractivity contribution is -0.882. The Hall–Kier alpha value is -3.26. The number of rotatable bonds is 20. The van der Waals surface area contributed by atoms with Crippen molar-refractivity contribution in [3.05, 3.63) is 47.5 Å². The number of benzene rings is 2. The molecule has 0 bridgehead atoms. The van der Waals surface area contributed by atoms with E-state index < -0.39 is 11.8 Å². The molecule has 220 valence electrons. The first-order chi connectivity index (χ1) is 19.3. The highest BCUT2D eigenvalue weighted by atomic mass is 16.5. The number of ether oxygens (including phenoxy) is 4. The van der Waals surface area contributed by atoms with Gasteiger partial charge < -0.3 is 24.7 Å². The Morgan fingerprint density at radius 3 is 1.43 bits per heavy atom. The molecule has 40 heavy (non-hydrogen) atoms. The van der Waals surface area contributed by atoms with Crippen molar-refractivity contribution in [3.8, 4) is 0 Å². The SMILES string of the molecule is COCC[N+](C=O)(CCOC)CN(C[N+](C=O)(CCOC)CCOC)C(=O)c1ccc(C(N)=O)c2ccccc12. The van der Waals surface area contributed by atoms with Gasteiger partial charge in [-0.15, -0.1) is 0 Å². The highest BCUT2D eigenvalue weighted by molar-refractivity contribution is 6.13. The van der Waals surface area contributed by atoms with Crippen LogP contribution < -0.4 is 5.73 Å². The molecule has 4 amide bonds. The van der Waals surface area contributed by atoms with Crippen LogP contribution in [0.1, 0.15) is 20.7 Å². The molecule has 2 rings (SSSR count). The second-order valence-electron chi connectivity index (χ2n) is 9.71. The van der Waals surface area contributed by atoms with Gasteiger partial charge in [-0.25, -0.2) is 23.5 Å². The van der Waals surface area contributed by atoms with E-state index in [1.165, 1.54) is 39.4 Å². The van der Waals surface area contributed by atoms with Gasteiger partial charge in [-0.2, -0.15) is 0 Å². The molecule has 0 atom stereocenters. The van der Waals surface area contributed by atoms with Gasteiger partial charge in [0.15, 0.2) is 13.3 Å². The molecule has 0 heterocycles. The number of amides is 4. The number of nitrogens with zero attached hydrogens (tertiary/aromatic N) is 3. The van der Waals surface area contributed by atoms with Crippen molar-refractivity contribution >= 4 is 35.4 Å². The van der Waals surface area contributed by atoms with Crippen LogP contribution in [-0.2, 0) is 28.5 Å². The predicted molar refractivity (Wildman–Crippen MR) is 148 cm³/mol. The number of quaternary nitrogens is 2. The number of fused-ring (bicyclic) bond motifs is 1. The Balaban J connectivity index is 2.69. The molecule has 0 unspecified atom stereocenters. The van der Waals surface area contributed by atoms with E-state index in [-0.39, 0.29) is 80.5 Å². The lowest BCUT2D eigenvalue weighted by Gasteiger charge is -2.40. The minimum atomic E-state index is -0.612. The number of hydrogen-bond acceptors (Lipinski definition) is 8. The zero-order valence-electron chi connectivity index (χ0n) is 23.9. The molecule has 0 saturated heterocycles. The van der Waals surface area contributed by atoms with Crippen LogP contribution in [-0.4, -0.2) is 133 Å². The van der Waals surface area contributed by atoms with E-state index >= 15 is 0 Å². The lowest BCUT2D eigenvalue weighted by atomic mass is 9.98. The Labute approximate surface area is 235 Å². The summed E-state index contributed by atoms with van der Waals surface area (Å²) >= 11 is 0. The first-order valence-corrected chi connectivity index (χ1v) is 13.0. The molecule has 12 heteroatoms. The summed E-state index contributed by atoms with van der Waals surface area (Å²) in [5, 5.41) is 1.07. The Morgan fingerprint density at radius 1 is 0.700 bits per heavy atom. The largest absolute Gasteiger partial charge is 0.379 e. The summed E-state index contributed by atoms with van der Waals surface area (Å²) < 4.78 is 20.7. The van der Waals surface area contributed by atoms with E-state index in [1.807, 2.05) is 0 Å². The maximum atomic E-state index is 14.4. The third-order valence-corrected chi connectivity index (χ3v) is 7.02. The van der Waals surface area contributed by atoms with Gasteiger partial charge in [0.1, 0.15) is 26.2 Å². The van der Waals surface area contributed by atoms with Gasteiger partial charge in [0.05, 0.1) is 26.4 Å². The predicted octanol–water partition coefficient (Wildman–Crippen LogP) is 0.828. The molecule has 2 N–H and O–H groups in total. The second-order valence-corrected chi connectivity index (χ2v) is 9.71. The Kier molecular flexibility index (Phi) is 13.3. The highest BCUT2D eigenvalue weighted by Gasteiger charge is 2.39. The zero-order chi connectivity index (χ0) is 29.6. The van der Waals surface area contributed by atoms with Crippen molar-refractivity contribution in [2.24, 2.45) is 5.73 Å². The fourth-order valence-electron chi connectivity index (χ4n) is 4.60. The van der Waals surface area contributed by atoms with Crippen molar-refractivity contribution in [2.75, 3.05) is 94.4 Å². The van der Waals surface area contributed by atoms with Gasteiger partial charge in [0, 0.05) is 39.6 Å². The third-order valence-electron chi connectivity index (χ3n) is 7.02. The van der Waals surface area contributed by atoms with Crippen LogP contribution in [0.25, 0.3) is 10.8 Å². The highest BCUT2D eigenvalue weighted by Crippen LogP contribution is 2.25. The van der Waals surface area contributed by atoms with Crippen molar-refractivity contribution in [1.29, 1.82) is 0 Å². The molecular formula is C28H42N4O8+2. The quantitative estimate of drug-likeness (QED) is 0.143. The number of nitrogens with two attached hydrogens (primary N) is 1. The molecule has 2 aromatic rings. The molecule has 0 aromatic heterocycles. The first kappa shape index (κ1) is 32.9. The standard InChI is InChI=1S/C28H41N4O8/c1-37-15-11-31(21-33,12-16-38-2)19-30(20-32(22-34,13-17-39-3)14-18-40-4)28(36)26-10-9-25(27(29)35)23-7-5-6-8-24(23)26/h5-10,21-22H,11-20H2,1-4H3,(H-,29,35)/q+1/p+1. The van der Waals surface area contributed by atoms with Crippen LogP contribution in [0.15, 0.2) is 36.4 Å². The fourth-order valence-corrected chi connectivity index (χ4v) is 4.60. The van der Waals surface area contributed by atoms with Crippen molar-refractivity contribution in [3.63, 3.8) is 0 Å². The number of carbonyl (C=O) groups is 4. The summed E-state index contributed by atoms with van der Waals surface area (Å²) in [6.07, 6.45) is 1.57. The van der Waals surface area contributed by atoms with E-state index in [1.54, 1.807) is 30.3 Å². The lowest BCUT2D eigenvalue weighted by Crippen LogP contribution is -2.63. The summed E-state index contributed by atoms with van der Waals surface area (Å²) in [5.74, 6) is -1.02. The van der Waals surface area contributed by atoms with Gasteiger partial charge in [0.25, 0.3) is 5.91 Å². The normalized spacial score (nSPS) is 11.9. The summed E-state index contributed by atoms with van der Waals surface area (Å²) in [4.78, 5) is 53.1. The Bertz CT molecular complexity index is 1090. The van der Waals surface area contributed by atoms with E-state index in [9.17, 15) is 19.2 Å². The number of primary amides is 1. The molecule has 0 fully saturated rings. The zero-order valence-corrected chi connectivity index (χ0v) is 23.9. The van der Waals surface area contributed by atoms with E-state index in [4.69, 9.17) is 24.7 Å². The van der Waals surface area contributed by atoms with E-state index in [2.05, 4.69) is 0 Å². The smallest absolute Gasteiger partial charge is 0.303 e. The molecule has 0 radical (unpaired) electrons. The van der Waals surface area contributed by atoms with Crippen molar-refractivity contribution in [2.45, 2.75) is 0 Å². The molecule has 0 aliphatic rings. The fraction of sp³-hybridized carbons (Fsp3) is 0.500. The topological polar surface area (TPSA) is 134 Å². The van der Waals surface area contributed by atoms with Crippen LogP contribution in [0.5, 0.6) is 0 Å². The summed E-state index contributed by atoms with van der Waals surface area (Å²) in [6, 6.07) is 10.1. The molecule has 0 aliphatic heterocycles. The Morgan fingerprint density at radius 2 is 1.07 bits per heavy atom. The van der Waals surface area contributed by atoms with Crippen LogP contribution in [0.3, 0.4) is 0 Å². The maximum absolute atomic E-state index is 14.4. The maximum Gasteiger partial charge on any atom is 0.303 e. The molecule has 0 saturated carbocycles. The molecular weight excluding hydrogens is 520 g/mol. The molecule has 2 aromatic carbocycles. The average Bonchev–Trinajstić information content (AvgIpc) is 2.98. The molecule has 0 aliphatic carbocycles. The second kappa shape index (κ2) is 16.1. The van der Waals surface area contributed by atoms with Gasteiger partial charge >= 0.3 is 12.8 Å². The summed E-state index contributed by atoms with van der Waals surface area (Å²) in [5.41, 5.74) is 6.19. The monoisotopic (exact) mass is 562 g/mol. The number of hydrogen-bond donors (Lipinski definition) is 1. The number of methoxy groups -OCH3 is 4. The van der Waals surface area contributed by atoms with Gasteiger partial charge in [0.2, 0.25) is 5.91 Å². The van der Waals surface area contributed by atoms with Gasteiger partial charge in [-0.3, -0.25) is 9.59 Å². The van der Waals surface area contributed by atoms with Crippen molar-refractivity contribution < 1.29 is 47.1 Å². The van der Waals surface area contributed by atoms with E-state index in [0.29, 0.717) is 16.3 Å². The van der Waals surface area contributed by atoms with Crippen LogP contribution in [0, 0.1) is 0 Å². The van der Waals surface area contributed by atoms with E-state index in [0.717, 1.165) is 12.8 Å². The van der Waals surface area contributed by atoms with Gasteiger partial charge in [-0.05, 0) is 22.9 Å². The summed E-state index contributed by atoms with van der Waals surface area (Å²) in [7, 11) is 6.15. The molecule has 0 spiro atoms. The average molecular weight is 563 g/mol. The summed E-state index contributed by atoms with van der Waals surface area (Å²) in [6.45, 7) is 2.10. The first-order valence-electron chi connectivity index (χ1n) is 13.0. The van der Waals surface area contributed by atoms with Crippen molar-refractivity contribution in [1.82, 2.24) is 4.90 Å². The molecule has 12 nitrogen and oxygen atoms in total. The van der Waals surface area contributed by atoms with Crippen LogP contribution in [0.4, 0.5) is 0 Å². The third kappa shape index (κ3) is 8.37. The van der Waals surface area contributed by atoms with Crippen LogP contribution in [0.2, 0.25) is 0 Å².